The molecule has 0 rings (SSSR count). The Kier molecular flexibility index (Phi) is 19.2. The molecule has 19 heavy (non-hydrogen) atoms. The second-order valence-corrected chi connectivity index (χ2v) is 7.36. The second-order valence-electron chi connectivity index (χ2n) is 4.66. The fourth-order valence-corrected chi connectivity index (χ4v) is 4.04. The Morgan fingerprint density at radius 3 is 1.74 bits per heavy atom. The quantitative estimate of drug-likeness (QED) is 0.289. The van der Waals surface area contributed by atoms with Crippen LogP contribution in [0.1, 0.15) is 58.3 Å². The van der Waals surface area contributed by atoms with Crippen molar-refractivity contribution in [1.29, 1.82) is 0 Å². The molecule has 2 nitrogen and oxygen atoms in total. The monoisotopic (exact) mass is 308 g/mol. The molecule has 0 amide bonds. The molecule has 0 bridgehead atoms. The highest BCUT2D eigenvalue weighted by molar-refractivity contribution is 8.76. The van der Waals surface area contributed by atoms with Gasteiger partial charge in [-0.1, -0.05) is 47.3 Å². The Labute approximate surface area is 128 Å². The average Bonchev–Trinajstić information content (AvgIpc) is 2.43. The number of hydrogen-bond acceptors (Lipinski definition) is 4. The molecule has 0 aliphatic carbocycles. The lowest BCUT2D eigenvalue weighted by Crippen LogP contribution is -1.93. The molecule has 0 heterocycles. The van der Waals surface area contributed by atoms with Crippen LogP contribution in [0.2, 0.25) is 0 Å². The maximum Gasteiger partial charge on any atom is 0.0465 e. The first-order chi connectivity index (χ1) is 9.41. The van der Waals surface area contributed by atoms with Crippen molar-refractivity contribution < 1.29 is 9.47 Å². The van der Waals surface area contributed by atoms with Crippen LogP contribution in [0.5, 0.6) is 0 Å². The van der Waals surface area contributed by atoms with Gasteiger partial charge in [-0.25, -0.2) is 0 Å². The van der Waals surface area contributed by atoms with Gasteiger partial charge in [-0.2, -0.15) is 0 Å². The summed E-state index contributed by atoms with van der Waals surface area (Å²) in [5.74, 6) is 2.62. The zero-order chi connectivity index (χ0) is 14.0. The number of unbranched alkanes of at least 4 members (excludes halogenated alkanes) is 6. The van der Waals surface area contributed by atoms with E-state index in [2.05, 4.69) is 17.7 Å². The topological polar surface area (TPSA) is 18.5 Å². The molecular formula is C15H32O2S2. The van der Waals surface area contributed by atoms with E-state index in [4.69, 9.17) is 9.47 Å². The molecular weight excluding hydrogens is 276 g/mol. The SMILES string of the molecule is CCOCCCCCCSSCCCCCCOC. The molecule has 0 saturated carbocycles. The summed E-state index contributed by atoms with van der Waals surface area (Å²) in [6.07, 6.45) is 10.5. The summed E-state index contributed by atoms with van der Waals surface area (Å²) in [5.41, 5.74) is 0. The number of ether oxygens (including phenoxy) is 2. The van der Waals surface area contributed by atoms with E-state index in [1.807, 2.05) is 10.8 Å². The van der Waals surface area contributed by atoms with Gasteiger partial charge in [0.15, 0.2) is 0 Å². The van der Waals surface area contributed by atoms with Crippen LogP contribution in [-0.2, 0) is 9.47 Å². The van der Waals surface area contributed by atoms with E-state index in [1.165, 1.54) is 62.9 Å². The Balaban J connectivity index is 2.88. The largest absolute Gasteiger partial charge is 0.385 e. The van der Waals surface area contributed by atoms with Gasteiger partial charge in [-0.15, -0.1) is 0 Å². The van der Waals surface area contributed by atoms with Gasteiger partial charge in [0.2, 0.25) is 0 Å². The number of hydrogen-bond donors (Lipinski definition) is 0. The molecule has 0 fully saturated rings. The van der Waals surface area contributed by atoms with Gasteiger partial charge in [0.05, 0.1) is 0 Å². The zero-order valence-corrected chi connectivity index (χ0v) is 14.5. The third-order valence-electron chi connectivity index (χ3n) is 2.88. The van der Waals surface area contributed by atoms with Crippen LogP contribution in [0.3, 0.4) is 0 Å². The minimum Gasteiger partial charge on any atom is -0.385 e. The number of methoxy groups -OCH3 is 1. The molecule has 0 unspecified atom stereocenters. The van der Waals surface area contributed by atoms with E-state index >= 15 is 0 Å². The lowest BCUT2D eigenvalue weighted by Gasteiger charge is -2.03. The van der Waals surface area contributed by atoms with Crippen molar-refractivity contribution in [1.82, 2.24) is 0 Å². The highest BCUT2D eigenvalue weighted by atomic mass is 33.1. The van der Waals surface area contributed by atoms with Gasteiger partial charge >= 0.3 is 0 Å². The van der Waals surface area contributed by atoms with E-state index in [9.17, 15) is 0 Å². The summed E-state index contributed by atoms with van der Waals surface area (Å²) in [6.45, 7) is 4.79. The van der Waals surface area contributed by atoms with Crippen LogP contribution in [0.15, 0.2) is 0 Å². The van der Waals surface area contributed by atoms with E-state index in [0.717, 1.165) is 19.8 Å². The highest BCUT2D eigenvalue weighted by Gasteiger charge is 1.94. The summed E-state index contributed by atoms with van der Waals surface area (Å²) in [5, 5.41) is 0. The summed E-state index contributed by atoms with van der Waals surface area (Å²) in [7, 11) is 5.88. The first-order valence-corrected chi connectivity index (χ1v) is 10.2. The third-order valence-corrected chi connectivity index (χ3v) is 5.46. The summed E-state index contributed by atoms with van der Waals surface area (Å²) < 4.78 is 10.4. The van der Waals surface area contributed by atoms with Crippen molar-refractivity contribution in [3.8, 4) is 0 Å². The van der Waals surface area contributed by atoms with Crippen molar-refractivity contribution in [3.05, 3.63) is 0 Å². The smallest absolute Gasteiger partial charge is 0.0465 e. The van der Waals surface area contributed by atoms with Crippen LogP contribution >= 0.6 is 21.6 Å². The fourth-order valence-electron chi connectivity index (χ4n) is 1.74. The molecule has 0 aliphatic rings. The van der Waals surface area contributed by atoms with E-state index in [-0.39, 0.29) is 0 Å². The molecule has 0 aliphatic heterocycles. The van der Waals surface area contributed by atoms with Crippen LogP contribution in [0.4, 0.5) is 0 Å². The molecule has 116 valence electrons. The van der Waals surface area contributed by atoms with Crippen molar-refractivity contribution in [2.75, 3.05) is 38.4 Å². The van der Waals surface area contributed by atoms with Crippen molar-refractivity contribution in [2.24, 2.45) is 0 Å². The molecule has 0 radical (unpaired) electrons. The van der Waals surface area contributed by atoms with E-state index < -0.39 is 0 Å². The van der Waals surface area contributed by atoms with E-state index in [0.29, 0.717) is 0 Å². The van der Waals surface area contributed by atoms with Gasteiger partial charge in [-0.3, -0.25) is 0 Å². The molecule has 0 aromatic rings. The summed E-state index contributed by atoms with van der Waals surface area (Å²) in [4.78, 5) is 0. The van der Waals surface area contributed by atoms with Crippen LogP contribution in [0, 0.1) is 0 Å². The Bertz CT molecular complexity index is 141. The maximum atomic E-state index is 5.32. The Morgan fingerprint density at radius 1 is 0.684 bits per heavy atom. The van der Waals surface area contributed by atoms with Gasteiger partial charge in [-0.05, 0) is 32.6 Å². The molecule has 0 saturated heterocycles. The van der Waals surface area contributed by atoms with Gasteiger partial charge in [0.25, 0.3) is 0 Å². The fraction of sp³-hybridized carbons (Fsp3) is 1.00. The molecule has 0 N–H and O–H groups in total. The van der Waals surface area contributed by atoms with Gasteiger partial charge in [0.1, 0.15) is 0 Å². The van der Waals surface area contributed by atoms with Crippen LogP contribution in [-0.4, -0.2) is 38.4 Å². The van der Waals surface area contributed by atoms with E-state index in [1.54, 1.807) is 7.11 Å². The van der Waals surface area contributed by atoms with Gasteiger partial charge in [0, 0.05) is 38.4 Å². The van der Waals surface area contributed by atoms with Crippen molar-refractivity contribution in [2.45, 2.75) is 58.3 Å². The third kappa shape index (κ3) is 18.6. The second kappa shape index (κ2) is 18.6. The maximum absolute atomic E-state index is 5.32. The molecule has 4 heteroatoms. The first-order valence-electron chi connectivity index (χ1n) is 7.73. The minimum absolute atomic E-state index is 0.859. The predicted molar refractivity (Wildman–Crippen MR) is 90.2 cm³/mol. The van der Waals surface area contributed by atoms with Crippen molar-refractivity contribution in [3.63, 3.8) is 0 Å². The molecule has 0 spiro atoms. The Hall–Kier alpha value is 0.620. The summed E-state index contributed by atoms with van der Waals surface area (Å²) >= 11 is 0. The zero-order valence-electron chi connectivity index (χ0n) is 12.8. The molecule has 0 atom stereocenters. The first kappa shape index (κ1) is 19.6. The molecule has 0 aromatic heterocycles. The van der Waals surface area contributed by atoms with Crippen molar-refractivity contribution >= 4 is 21.6 Å². The van der Waals surface area contributed by atoms with Gasteiger partial charge < -0.3 is 9.47 Å². The van der Waals surface area contributed by atoms with Crippen LogP contribution in [0.25, 0.3) is 0 Å². The van der Waals surface area contributed by atoms with Crippen LogP contribution < -0.4 is 0 Å². The predicted octanol–water partition coefficient (Wildman–Crippen LogP) is 5.17. The lowest BCUT2D eigenvalue weighted by molar-refractivity contribution is 0.143. The summed E-state index contributed by atoms with van der Waals surface area (Å²) in [6, 6.07) is 0. The molecule has 0 aromatic carbocycles. The standard InChI is InChI=1S/C15H32O2S2/c1-3-17-13-9-5-7-11-15-19-18-14-10-6-4-8-12-16-2/h3-15H2,1-2H3. The minimum atomic E-state index is 0.859. The lowest BCUT2D eigenvalue weighted by atomic mass is 10.2. The number of rotatable bonds is 16. The normalized spacial score (nSPS) is 11.1. The highest BCUT2D eigenvalue weighted by Crippen LogP contribution is 2.24. The Morgan fingerprint density at radius 2 is 1.21 bits per heavy atom. The average molecular weight is 309 g/mol.